The number of anilines is 1. The molecule has 0 radical (unpaired) electrons. The van der Waals surface area contributed by atoms with Gasteiger partial charge in [0.2, 0.25) is 0 Å². The molecular weight excluding hydrogens is 364 g/mol. The number of hydrogen-bond donors (Lipinski definition) is 2. The average Bonchev–Trinajstić information content (AvgIpc) is 2.32. The van der Waals surface area contributed by atoms with Crippen LogP contribution in [-0.4, -0.2) is 28.4 Å². The van der Waals surface area contributed by atoms with E-state index in [1.807, 2.05) is 22.6 Å². The van der Waals surface area contributed by atoms with Crippen LogP contribution in [0.5, 0.6) is 0 Å². The molecule has 1 aromatic rings. The Balaban J connectivity index is 3.00. The summed E-state index contributed by atoms with van der Waals surface area (Å²) in [6.07, 6.45) is 1.22. The first kappa shape index (κ1) is 13.8. The van der Waals surface area contributed by atoms with E-state index < -0.39 is 11.7 Å². The molecule has 0 spiro atoms. The highest BCUT2D eigenvalue weighted by atomic mass is 127. The summed E-state index contributed by atoms with van der Waals surface area (Å²) in [5.41, 5.74) is -0.681. The molecule has 1 heterocycles. The van der Waals surface area contributed by atoms with Gasteiger partial charge in [-0.1, -0.05) is 0 Å². The molecule has 8 nitrogen and oxygen atoms in total. The van der Waals surface area contributed by atoms with E-state index >= 15 is 0 Å². The van der Waals surface area contributed by atoms with Gasteiger partial charge in [-0.05, 0) is 22.6 Å². The third kappa shape index (κ3) is 3.63. The molecule has 0 aliphatic rings. The number of rotatable bonds is 4. The predicted molar refractivity (Wildman–Crippen MR) is 70.0 cm³/mol. The molecule has 0 fully saturated rings. The van der Waals surface area contributed by atoms with Crippen molar-refractivity contribution in [2.75, 3.05) is 17.4 Å². The van der Waals surface area contributed by atoms with Crippen LogP contribution in [0.2, 0.25) is 0 Å². The summed E-state index contributed by atoms with van der Waals surface area (Å²) in [6, 6.07) is -0.777. The van der Waals surface area contributed by atoms with Crippen molar-refractivity contribution >= 4 is 46.0 Å². The van der Waals surface area contributed by atoms with Gasteiger partial charge in [0.15, 0.2) is 5.82 Å². The van der Waals surface area contributed by atoms with Crippen LogP contribution < -0.4 is 16.0 Å². The number of H-pyrrole nitrogens is 1. The molecule has 0 aliphatic heterocycles. The summed E-state index contributed by atoms with van der Waals surface area (Å²) in [4.78, 5) is 38.8. The van der Waals surface area contributed by atoms with E-state index in [1.54, 1.807) is 0 Å². The SMILES string of the molecule is O=NN(C(=O)NCCCl)c1[nH]c(=O)ncc1I. The van der Waals surface area contributed by atoms with Gasteiger partial charge in [0.1, 0.15) is 0 Å². The Morgan fingerprint density at radius 3 is 3.00 bits per heavy atom. The van der Waals surface area contributed by atoms with Crippen molar-refractivity contribution in [1.29, 1.82) is 0 Å². The standard InChI is InChI=1S/C7H7ClIN5O3/c8-1-2-10-7(16)14(13-17)5-4(9)3-11-6(15)12-5/h3H,1-2H2,(H,10,16)(H,11,12,15). The molecule has 2 amide bonds. The number of carbonyl (C=O) groups is 1. The monoisotopic (exact) mass is 371 g/mol. The third-order valence-electron chi connectivity index (χ3n) is 1.60. The number of halogens is 2. The van der Waals surface area contributed by atoms with Crippen molar-refractivity contribution in [2.24, 2.45) is 5.29 Å². The topological polar surface area (TPSA) is 108 Å². The van der Waals surface area contributed by atoms with E-state index in [2.05, 4.69) is 20.6 Å². The molecule has 0 aromatic carbocycles. The molecule has 2 N–H and O–H groups in total. The number of urea groups is 1. The van der Waals surface area contributed by atoms with Gasteiger partial charge in [-0.3, -0.25) is 4.98 Å². The number of aromatic amines is 1. The normalized spacial score (nSPS) is 9.76. The maximum absolute atomic E-state index is 11.5. The molecule has 1 rings (SSSR count). The molecule has 0 bridgehead atoms. The van der Waals surface area contributed by atoms with Crippen LogP contribution in [0, 0.1) is 8.48 Å². The van der Waals surface area contributed by atoms with Gasteiger partial charge in [0.25, 0.3) is 0 Å². The Kier molecular flexibility index (Phi) is 5.28. The highest BCUT2D eigenvalue weighted by Gasteiger charge is 2.20. The Bertz CT molecular complexity index is 479. The largest absolute Gasteiger partial charge is 0.346 e. The summed E-state index contributed by atoms with van der Waals surface area (Å²) in [7, 11) is 0. The van der Waals surface area contributed by atoms with Gasteiger partial charge in [0, 0.05) is 18.6 Å². The first-order valence-electron chi connectivity index (χ1n) is 4.32. The van der Waals surface area contributed by atoms with Gasteiger partial charge >= 0.3 is 11.7 Å². The third-order valence-corrected chi connectivity index (χ3v) is 2.58. The van der Waals surface area contributed by atoms with Gasteiger partial charge in [-0.15, -0.1) is 21.5 Å². The zero-order valence-electron chi connectivity index (χ0n) is 8.31. The Hall–Kier alpha value is -1.23. The van der Waals surface area contributed by atoms with Crippen molar-refractivity contribution in [3.8, 4) is 0 Å². The fourth-order valence-corrected chi connectivity index (χ4v) is 1.53. The summed E-state index contributed by atoms with van der Waals surface area (Å²) in [5.74, 6) is 0.162. The Morgan fingerprint density at radius 2 is 2.41 bits per heavy atom. The van der Waals surface area contributed by atoms with Gasteiger partial charge in [0.05, 0.1) is 8.86 Å². The van der Waals surface area contributed by atoms with Crippen molar-refractivity contribution in [2.45, 2.75) is 0 Å². The maximum Gasteiger partial charge on any atom is 0.346 e. The molecule has 92 valence electrons. The number of alkyl halides is 1. The molecule has 0 atom stereocenters. The highest BCUT2D eigenvalue weighted by Crippen LogP contribution is 2.17. The Labute approximate surface area is 114 Å². The number of amides is 2. The molecule has 0 saturated carbocycles. The summed E-state index contributed by atoms with van der Waals surface area (Å²) in [5, 5.41) is 5.38. The van der Waals surface area contributed by atoms with E-state index in [4.69, 9.17) is 11.6 Å². The number of nitrogens with one attached hydrogen (secondary N) is 2. The number of aromatic nitrogens is 2. The second kappa shape index (κ2) is 6.49. The average molecular weight is 372 g/mol. The number of nitrogens with zero attached hydrogens (tertiary/aromatic N) is 3. The number of hydrogen-bond acceptors (Lipinski definition) is 5. The molecule has 10 heteroatoms. The zero-order chi connectivity index (χ0) is 12.8. The van der Waals surface area contributed by atoms with Crippen molar-refractivity contribution in [3.05, 3.63) is 25.2 Å². The lowest BCUT2D eigenvalue weighted by atomic mass is 10.5. The highest BCUT2D eigenvalue weighted by molar-refractivity contribution is 14.1. The van der Waals surface area contributed by atoms with Crippen LogP contribution in [0.1, 0.15) is 0 Å². The zero-order valence-corrected chi connectivity index (χ0v) is 11.2. The van der Waals surface area contributed by atoms with Crippen molar-refractivity contribution < 1.29 is 4.79 Å². The molecular formula is C7H7ClIN5O3. The summed E-state index contributed by atoms with van der Waals surface area (Å²) >= 11 is 7.19. The predicted octanol–water partition coefficient (Wildman–Crippen LogP) is 0.811. The molecule has 17 heavy (non-hydrogen) atoms. The van der Waals surface area contributed by atoms with Crippen molar-refractivity contribution in [3.63, 3.8) is 0 Å². The number of carbonyl (C=O) groups excluding carboxylic acids is 1. The number of nitroso groups, excluding NO2 is 1. The van der Waals surface area contributed by atoms with E-state index in [1.165, 1.54) is 6.20 Å². The van der Waals surface area contributed by atoms with Gasteiger partial charge in [-0.25, -0.2) is 14.6 Å². The second-order valence-corrected chi connectivity index (χ2v) is 4.24. The first-order chi connectivity index (χ1) is 8.10. The molecule has 0 saturated heterocycles. The van der Waals surface area contributed by atoms with Crippen LogP contribution in [0.25, 0.3) is 0 Å². The van der Waals surface area contributed by atoms with Crippen LogP contribution in [-0.2, 0) is 0 Å². The van der Waals surface area contributed by atoms with Crippen LogP contribution >= 0.6 is 34.2 Å². The minimum absolute atomic E-state index is 0.0346. The quantitative estimate of drug-likeness (QED) is 0.353. The van der Waals surface area contributed by atoms with Crippen LogP contribution in [0.15, 0.2) is 16.3 Å². The van der Waals surface area contributed by atoms with Crippen molar-refractivity contribution in [1.82, 2.24) is 15.3 Å². The minimum atomic E-state index is -0.777. The Morgan fingerprint density at radius 1 is 1.71 bits per heavy atom. The van der Waals surface area contributed by atoms with E-state index in [0.29, 0.717) is 8.58 Å². The first-order valence-corrected chi connectivity index (χ1v) is 5.93. The van der Waals surface area contributed by atoms with Gasteiger partial charge < -0.3 is 5.32 Å². The van der Waals surface area contributed by atoms with E-state index in [-0.39, 0.29) is 18.2 Å². The summed E-state index contributed by atoms with van der Waals surface area (Å²) in [6.45, 7) is 0.179. The van der Waals surface area contributed by atoms with Crippen LogP contribution in [0.4, 0.5) is 10.6 Å². The van der Waals surface area contributed by atoms with Crippen LogP contribution in [0.3, 0.4) is 0 Å². The fraction of sp³-hybridized carbons (Fsp3) is 0.286. The fourth-order valence-electron chi connectivity index (χ4n) is 0.932. The smallest absolute Gasteiger partial charge is 0.335 e. The second-order valence-electron chi connectivity index (χ2n) is 2.70. The van der Waals surface area contributed by atoms with E-state index in [9.17, 15) is 14.5 Å². The van der Waals surface area contributed by atoms with E-state index in [0.717, 1.165) is 0 Å². The van der Waals surface area contributed by atoms with Gasteiger partial charge in [-0.2, -0.15) is 0 Å². The lowest BCUT2D eigenvalue weighted by molar-refractivity contribution is 0.247. The lowest BCUT2D eigenvalue weighted by Crippen LogP contribution is -2.39. The summed E-state index contributed by atoms with van der Waals surface area (Å²) < 4.78 is 0.405. The minimum Gasteiger partial charge on any atom is -0.335 e. The molecule has 1 aromatic heterocycles. The molecule has 0 aliphatic carbocycles. The lowest BCUT2D eigenvalue weighted by Gasteiger charge is -2.14. The molecule has 0 unspecified atom stereocenters. The maximum atomic E-state index is 11.5.